The zero-order valence-corrected chi connectivity index (χ0v) is 11.6. The first-order valence-electron chi connectivity index (χ1n) is 6.82. The summed E-state index contributed by atoms with van der Waals surface area (Å²) in [6.07, 6.45) is -0.298. The number of aliphatic carboxylic acids is 1. The van der Waals surface area contributed by atoms with Crippen LogP contribution < -0.4 is 4.74 Å². The minimum absolute atomic E-state index is 0.0259. The number of nitrogens with zero attached hydrogens (tertiary/aromatic N) is 1. The molecule has 0 radical (unpaired) electrons. The van der Waals surface area contributed by atoms with E-state index in [-0.39, 0.29) is 18.5 Å². The Morgan fingerprint density at radius 1 is 1.23 bits per heavy atom. The molecular weight excluding hydrogens is 286 g/mol. The molecule has 112 valence electrons. The molecule has 22 heavy (non-hydrogen) atoms. The number of nitro benzene ring substituents is 1. The van der Waals surface area contributed by atoms with Crippen LogP contribution in [0.15, 0.2) is 42.5 Å². The summed E-state index contributed by atoms with van der Waals surface area (Å²) >= 11 is 0. The molecule has 2 aromatic carbocycles. The van der Waals surface area contributed by atoms with Gasteiger partial charge in [0.05, 0.1) is 4.92 Å². The van der Waals surface area contributed by atoms with E-state index in [9.17, 15) is 14.9 Å². The molecule has 2 aromatic rings. The predicted molar refractivity (Wildman–Crippen MR) is 78.8 cm³/mol. The van der Waals surface area contributed by atoms with Gasteiger partial charge in [0, 0.05) is 29.7 Å². The minimum Gasteiger partial charge on any atom is -0.485 e. The van der Waals surface area contributed by atoms with Crippen molar-refractivity contribution in [2.24, 2.45) is 0 Å². The highest BCUT2D eigenvalue weighted by molar-refractivity contribution is 5.77. The van der Waals surface area contributed by atoms with E-state index in [1.165, 1.54) is 12.1 Å². The highest BCUT2D eigenvalue weighted by Crippen LogP contribution is 2.44. The van der Waals surface area contributed by atoms with E-state index in [4.69, 9.17) is 9.84 Å². The van der Waals surface area contributed by atoms with E-state index in [0.717, 1.165) is 11.1 Å². The van der Waals surface area contributed by atoms with E-state index >= 15 is 0 Å². The van der Waals surface area contributed by atoms with Gasteiger partial charge in [-0.05, 0) is 24.1 Å². The van der Waals surface area contributed by atoms with Crippen LogP contribution in [0.1, 0.15) is 24.5 Å². The van der Waals surface area contributed by atoms with E-state index in [0.29, 0.717) is 11.3 Å². The van der Waals surface area contributed by atoms with Crippen molar-refractivity contribution in [1.29, 1.82) is 0 Å². The van der Waals surface area contributed by atoms with Crippen molar-refractivity contribution >= 4 is 11.7 Å². The number of hydrogen-bond donors (Lipinski definition) is 1. The van der Waals surface area contributed by atoms with Crippen LogP contribution in [0.3, 0.4) is 0 Å². The molecule has 0 amide bonds. The predicted octanol–water partition coefficient (Wildman–Crippen LogP) is 3.56. The molecule has 6 nitrogen and oxygen atoms in total. The number of ether oxygens (including phenoxy) is 1. The highest BCUT2D eigenvalue weighted by Gasteiger charge is 2.28. The molecule has 0 saturated carbocycles. The molecule has 0 aliphatic carbocycles. The molecule has 0 bridgehead atoms. The number of benzene rings is 2. The van der Waals surface area contributed by atoms with Gasteiger partial charge in [0.25, 0.3) is 5.69 Å². The molecule has 1 heterocycles. The number of rotatable bonds is 4. The summed E-state index contributed by atoms with van der Waals surface area (Å²) in [5.74, 6) is -0.256. The molecule has 3 rings (SSSR count). The first kappa shape index (κ1) is 14.1. The Morgan fingerprint density at radius 3 is 2.73 bits per heavy atom. The summed E-state index contributed by atoms with van der Waals surface area (Å²) in [4.78, 5) is 21.3. The van der Waals surface area contributed by atoms with Gasteiger partial charge in [0.2, 0.25) is 0 Å². The lowest BCUT2D eigenvalue weighted by atomic mass is 9.90. The fourth-order valence-corrected chi connectivity index (χ4v) is 2.65. The number of fused-ring (bicyclic) bond motifs is 3. The number of carbonyl (C=O) groups is 1. The van der Waals surface area contributed by atoms with Crippen LogP contribution in [0.25, 0.3) is 11.1 Å². The van der Waals surface area contributed by atoms with Gasteiger partial charge in [0.1, 0.15) is 11.9 Å². The summed E-state index contributed by atoms with van der Waals surface area (Å²) in [5, 5.41) is 19.8. The molecular formula is C16H13NO5. The molecule has 1 aliphatic rings. The van der Waals surface area contributed by atoms with Crippen LogP contribution in [-0.2, 0) is 4.79 Å². The second-order valence-electron chi connectivity index (χ2n) is 5.06. The lowest BCUT2D eigenvalue weighted by Gasteiger charge is -2.28. The summed E-state index contributed by atoms with van der Waals surface area (Å²) in [6.45, 7) is 0. The quantitative estimate of drug-likeness (QED) is 0.688. The van der Waals surface area contributed by atoms with Crippen molar-refractivity contribution in [2.45, 2.75) is 18.9 Å². The van der Waals surface area contributed by atoms with E-state index in [2.05, 4.69) is 0 Å². The highest BCUT2D eigenvalue weighted by atomic mass is 16.6. The lowest BCUT2D eigenvalue weighted by molar-refractivity contribution is -0.385. The number of nitro groups is 1. The smallest absolute Gasteiger partial charge is 0.303 e. The van der Waals surface area contributed by atoms with Crippen LogP contribution in [0, 0.1) is 10.1 Å². The maximum Gasteiger partial charge on any atom is 0.303 e. The van der Waals surface area contributed by atoms with E-state index < -0.39 is 17.0 Å². The Balaban J connectivity index is 2.08. The first-order valence-corrected chi connectivity index (χ1v) is 6.82. The third-order valence-electron chi connectivity index (χ3n) is 3.66. The molecule has 0 aromatic heterocycles. The van der Waals surface area contributed by atoms with Crippen LogP contribution in [-0.4, -0.2) is 16.0 Å². The molecule has 1 N–H and O–H groups in total. The molecule has 0 saturated heterocycles. The van der Waals surface area contributed by atoms with Gasteiger partial charge >= 0.3 is 5.97 Å². The summed E-state index contributed by atoms with van der Waals surface area (Å²) < 4.78 is 5.86. The fraction of sp³-hybridized carbons (Fsp3) is 0.188. The molecule has 0 fully saturated rings. The van der Waals surface area contributed by atoms with Crippen molar-refractivity contribution in [3.05, 3.63) is 58.1 Å². The summed E-state index contributed by atoms with van der Waals surface area (Å²) in [7, 11) is 0. The maximum absolute atomic E-state index is 11.0. The number of carboxylic acids is 1. The van der Waals surface area contributed by atoms with Gasteiger partial charge in [-0.3, -0.25) is 14.9 Å². The third kappa shape index (κ3) is 2.50. The second kappa shape index (κ2) is 5.48. The van der Waals surface area contributed by atoms with Crippen molar-refractivity contribution < 1.29 is 19.6 Å². The Kier molecular flexibility index (Phi) is 3.50. The normalized spacial score (nSPS) is 15.4. The van der Waals surface area contributed by atoms with Crippen molar-refractivity contribution in [1.82, 2.24) is 0 Å². The number of carboxylic acid groups (broad SMARTS) is 1. The number of non-ortho nitro benzene ring substituents is 1. The van der Waals surface area contributed by atoms with Crippen LogP contribution >= 0.6 is 0 Å². The number of para-hydroxylation sites is 1. The monoisotopic (exact) mass is 299 g/mol. The zero-order chi connectivity index (χ0) is 15.7. The standard InChI is InChI=1S/C16H13NO5/c18-16(19)8-7-15-13-9-10(17(20)21)5-6-11(13)12-3-1-2-4-14(12)22-15/h1-6,9,15H,7-8H2,(H,18,19). The van der Waals surface area contributed by atoms with Crippen molar-refractivity contribution in [3.8, 4) is 16.9 Å². The van der Waals surface area contributed by atoms with Gasteiger partial charge in [-0.2, -0.15) is 0 Å². The first-order chi connectivity index (χ1) is 10.6. The Hall–Kier alpha value is -2.89. The number of hydrogen-bond acceptors (Lipinski definition) is 4. The second-order valence-corrected chi connectivity index (χ2v) is 5.06. The topological polar surface area (TPSA) is 89.7 Å². The zero-order valence-electron chi connectivity index (χ0n) is 11.6. The Morgan fingerprint density at radius 2 is 2.00 bits per heavy atom. The minimum atomic E-state index is -0.922. The van der Waals surface area contributed by atoms with E-state index in [1.807, 2.05) is 24.3 Å². The van der Waals surface area contributed by atoms with E-state index in [1.54, 1.807) is 6.07 Å². The van der Waals surface area contributed by atoms with Gasteiger partial charge in [-0.15, -0.1) is 0 Å². The molecule has 6 heteroatoms. The average Bonchev–Trinajstić information content (AvgIpc) is 2.51. The van der Waals surface area contributed by atoms with Crippen molar-refractivity contribution in [3.63, 3.8) is 0 Å². The Bertz CT molecular complexity index is 756. The Labute approximate surface area is 126 Å². The van der Waals surface area contributed by atoms with Gasteiger partial charge in [-0.25, -0.2) is 0 Å². The molecule has 1 unspecified atom stereocenters. The third-order valence-corrected chi connectivity index (χ3v) is 3.66. The summed E-state index contributed by atoms with van der Waals surface area (Å²) in [5.41, 5.74) is 2.35. The van der Waals surface area contributed by atoms with Gasteiger partial charge < -0.3 is 9.84 Å². The van der Waals surface area contributed by atoms with Crippen LogP contribution in [0.5, 0.6) is 5.75 Å². The van der Waals surface area contributed by atoms with Gasteiger partial charge in [0.15, 0.2) is 0 Å². The maximum atomic E-state index is 11.0. The molecule has 1 atom stereocenters. The SMILES string of the molecule is O=C(O)CCC1Oc2ccccc2-c2ccc([N+](=O)[O-])cc21. The fourth-order valence-electron chi connectivity index (χ4n) is 2.65. The van der Waals surface area contributed by atoms with Crippen molar-refractivity contribution in [2.75, 3.05) is 0 Å². The summed E-state index contributed by atoms with van der Waals surface area (Å²) in [6, 6.07) is 12.0. The lowest BCUT2D eigenvalue weighted by Crippen LogP contribution is -2.15. The molecule has 0 spiro atoms. The van der Waals surface area contributed by atoms with Crippen LogP contribution in [0.2, 0.25) is 0 Å². The average molecular weight is 299 g/mol. The van der Waals surface area contributed by atoms with Crippen LogP contribution in [0.4, 0.5) is 5.69 Å². The van der Waals surface area contributed by atoms with Gasteiger partial charge in [-0.1, -0.05) is 18.2 Å². The largest absolute Gasteiger partial charge is 0.485 e. The molecule has 1 aliphatic heterocycles.